The van der Waals surface area contributed by atoms with Crippen LogP contribution in [0.3, 0.4) is 0 Å². The first-order valence-corrected chi connectivity index (χ1v) is 12.0. The second kappa shape index (κ2) is 7.96. The molecule has 176 valence electrons. The molecule has 0 saturated carbocycles. The number of aromatic nitrogens is 3. The highest BCUT2D eigenvalue weighted by Crippen LogP contribution is 2.43. The summed E-state index contributed by atoms with van der Waals surface area (Å²) in [5, 5.41) is 2.14. The third-order valence-electron chi connectivity index (χ3n) is 7.14. The van der Waals surface area contributed by atoms with Crippen LogP contribution in [0.25, 0.3) is 49.7 Å². The minimum atomic E-state index is -0.291. The Balaban J connectivity index is 1.68. The van der Waals surface area contributed by atoms with E-state index in [9.17, 15) is 9.59 Å². The van der Waals surface area contributed by atoms with E-state index in [0.29, 0.717) is 16.8 Å². The summed E-state index contributed by atoms with van der Waals surface area (Å²) in [6, 6.07) is 25.9. The molecule has 0 aliphatic carbocycles. The molecule has 0 bridgehead atoms. The predicted octanol–water partition coefficient (Wildman–Crippen LogP) is 6.13. The maximum absolute atomic E-state index is 13.2. The topological polar surface area (TPSA) is 68.1 Å². The van der Waals surface area contributed by atoms with Crippen molar-refractivity contribution in [2.75, 3.05) is 7.05 Å². The molecule has 1 aliphatic heterocycles. The van der Waals surface area contributed by atoms with Gasteiger partial charge in [0.05, 0.1) is 27.8 Å². The van der Waals surface area contributed by atoms with Crippen molar-refractivity contribution in [2.45, 2.75) is 0 Å². The van der Waals surface area contributed by atoms with E-state index in [1.807, 2.05) is 48.5 Å². The van der Waals surface area contributed by atoms with Gasteiger partial charge in [-0.1, -0.05) is 30.3 Å². The zero-order valence-electron chi connectivity index (χ0n) is 19.9. The van der Waals surface area contributed by atoms with E-state index in [1.54, 1.807) is 30.9 Å². The Morgan fingerprint density at radius 3 is 1.59 bits per heavy atom. The van der Waals surface area contributed by atoms with Gasteiger partial charge in [0, 0.05) is 42.6 Å². The van der Waals surface area contributed by atoms with Gasteiger partial charge in [0.25, 0.3) is 11.8 Å². The van der Waals surface area contributed by atoms with Crippen LogP contribution >= 0.6 is 0 Å². The molecule has 37 heavy (non-hydrogen) atoms. The molecule has 3 aromatic carbocycles. The number of imide groups is 1. The molecule has 0 saturated heterocycles. The Labute approximate surface area is 212 Å². The molecule has 0 N–H and O–H groups in total. The standard InChI is InChI=1S/C31H20N4O2/c1-34-30(36)23-7-4-10-26(29(23)31(34)37)35-24-8-2-5-21(19-11-15-32-16-12-19)27(24)28-22(6-3-9-25(28)35)20-13-17-33-18-14-20/h2-18H,1H3. The first kappa shape index (κ1) is 21.2. The lowest BCUT2D eigenvalue weighted by Crippen LogP contribution is -2.24. The van der Waals surface area contributed by atoms with Crippen LogP contribution in [-0.4, -0.2) is 38.3 Å². The third kappa shape index (κ3) is 2.99. The van der Waals surface area contributed by atoms with Crippen molar-refractivity contribution in [3.63, 3.8) is 0 Å². The lowest BCUT2D eigenvalue weighted by molar-refractivity contribution is 0.0693. The van der Waals surface area contributed by atoms with Crippen LogP contribution < -0.4 is 0 Å². The molecular formula is C31H20N4O2. The van der Waals surface area contributed by atoms with Crippen molar-refractivity contribution in [1.29, 1.82) is 0 Å². The van der Waals surface area contributed by atoms with Crippen LogP contribution in [0.2, 0.25) is 0 Å². The first-order chi connectivity index (χ1) is 18.1. The quantitative estimate of drug-likeness (QED) is 0.286. The SMILES string of the molecule is CN1C(=O)c2cccc(-n3c4cccc(-c5ccncc5)c4c4c(-c5ccncc5)cccc43)c2C1=O. The summed E-state index contributed by atoms with van der Waals surface area (Å²) in [6.07, 6.45) is 7.17. The Morgan fingerprint density at radius 2 is 1.05 bits per heavy atom. The molecule has 6 nitrogen and oxygen atoms in total. The van der Waals surface area contributed by atoms with Gasteiger partial charge in [0.2, 0.25) is 0 Å². The van der Waals surface area contributed by atoms with Gasteiger partial charge in [-0.2, -0.15) is 0 Å². The molecule has 0 radical (unpaired) electrons. The summed E-state index contributed by atoms with van der Waals surface area (Å²) in [7, 11) is 1.53. The highest BCUT2D eigenvalue weighted by Gasteiger charge is 2.36. The van der Waals surface area contributed by atoms with Crippen molar-refractivity contribution in [3.8, 4) is 27.9 Å². The predicted molar refractivity (Wildman–Crippen MR) is 144 cm³/mol. The van der Waals surface area contributed by atoms with E-state index in [2.05, 4.69) is 38.8 Å². The van der Waals surface area contributed by atoms with Crippen molar-refractivity contribution < 1.29 is 9.59 Å². The van der Waals surface area contributed by atoms with Gasteiger partial charge in [-0.25, -0.2) is 0 Å². The second-order valence-electron chi connectivity index (χ2n) is 9.08. The number of carbonyl (C=O) groups excluding carboxylic acids is 2. The van der Waals surface area contributed by atoms with Crippen LogP contribution in [-0.2, 0) is 0 Å². The van der Waals surface area contributed by atoms with E-state index in [-0.39, 0.29) is 11.8 Å². The average molecular weight is 481 g/mol. The van der Waals surface area contributed by atoms with Gasteiger partial charge in [-0.05, 0) is 70.8 Å². The average Bonchev–Trinajstić information content (AvgIpc) is 3.41. The summed E-state index contributed by atoms with van der Waals surface area (Å²) in [4.78, 5) is 35.7. The molecule has 7 rings (SSSR count). The van der Waals surface area contributed by atoms with Gasteiger partial charge < -0.3 is 4.57 Å². The molecule has 0 unspecified atom stereocenters. The first-order valence-electron chi connectivity index (χ1n) is 12.0. The molecule has 4 heterocycles. The lowest BCUT2D eigenvalue weighted by atomic mass is 9.95. The lowest BCUT2D eigenvalue weighted by Gasteiger charge is -2.12. The molecule has 0 fully saturated rings. The Bertz CT molecular complexity index is 1780. The van der Waals surface area contributed by atoms with Crippen molar-refractivity contribution >= 4 is 33.6 Å². The number of hydrogen-bond acceptors (Lipinski definition) is 4. The van der Waals surface area contributed by atoms with Crippen molar-refractivity contribution in [3.05, 3.63) is 115 Å². The maximum atomic E-state index is 13.2. The van der Waals surface area contributed by atoms with Gasteiger partial charge in [-0.3, -0.25) is 24.5 Å². The van der Waals surface area contributed by atoms with Crippen LogP contribution in [0, 0.1) is 0 Å². The fourth-order valence-electron chi connectivity index (χ4n) is 5.48. The second-order valence-corrected chi connectivity index (χ2v) is 9.08. The number of rotatable bonds is 3. The molecule has 6 heteroatoms. The zero-order chi connectivity index (χ0) is 25.1. The smallest absolute Gasteiger partial charge is 0.263 e. The van der Waals surface area contributed by atoms with E-state index in [0.717, 1.165) is 44.1 Å². The molecule has 3 aromatic heterocycles. The number of carbonyl (C=O) groups is 2. The molecular weight excluding hydrogens is 460 g/mol. The Hall–Kier alpha value is -5.10. The number of amides is 2. The summed E-state index contributed by atoms with van der Waals surface area (Å²) in [5.41, 5.74) is 7.69. The van der Waals surface area contributed by atoms with Gasteiger partial charge >= 0.3 is 0 Å². The van der Waals surface area contributed by atoms with E-state index in [4.69, 9.17) is 0 Å². The normalized spacial score (nSPS) is 13.1. The van der Waals surface area contributed by atoms with Crippen LogP contribution in [0.1, 0.15) is 20.7 Å². The summed E-state index contributed by atoms with van der Waals surface area (Å²) >= 11 is 0. The highest BCUT2D eigenvalue weighted by atomic mass is 16.2. The monoisotopic (exact) mass is 480 g/mol. The van der Waals surface area contributed by atoms with Gasteiger partial charge in [-0.15, -0.1) is 0 Å². The Morgan fingerprint density at radius 1 is 0.568 bits per heavy atom. The maximum Gasteiger partial charge on any atom is 0.263 e. The molecule has 1 aliphatic rings. The zero-order valence-corrected chi connectivity index (χ0v) is 19.9. The van der Waals surface area contributed by atoms with E-state index in [1.165, 1.54) is 11.9 Å². The third-order valence-corrected chi connectivity index (χ3v) is 7.14. The highest BCUT2D eigenvalue weighted by molar-refractivity contribution is 6.25. The molecule has 6 aromatic rings. The van der Waals surface area contributed by atoms with Gasteiger partial charge in [0.1, 0.15) is 0 Å². The van der Waals surface area contributed by atoms with Crippen LogP contribution in [0.15, 0.2) is 104 Å². The fraction of sp³-hybridized carbons (Fsp3) is 0.0323. The number of pyridine rings is 2. The minimum Gasteiger partial charge on any atom is -0.308 e. The minimum absolute atomic E-state index is 0.280. The number of nitrogens with zero attached hydrogens (tertiary/aromatic N) is 4. The fourth-order valence-corrected chi connectivity index (χ4v) is 5.48. The molecule has 0 spiro atoms. The van der Waals surface area contributed by atoms with Gasteiger partial charge in [0.15, 0.2) is 0 Å². The van der Waals surface area contributed by atoms with Crippen LogP contribution in [0.5, 0.6) is 0 Å². The number of benzene rings is 3. The van der Waals surface area contributed by atoms with Crippen LogP contribution in [0.4, 0.5) is 0 Å². The summed E-state index contributed by atoms with van der Waals surface area (Å²) in [6.45, 7) is 0. The molecule has 0 atom stereocenters. The number of fused-ring (bicyclic) bond motifs is 4. The summed E-state index contributed by atoms with van der Waals surface area (Å²) < 4.78 is 2.11. The Kier molecular flexibility index (Phi) is 4.56. The number of hydrogen-bond donors (Lipinski definition) is 0. The largest absolute Gasteiger partial charge is 0.308 e. The summed E-state index contributed by atoms with van der Waals surface area (Å²) in [5.74, 6) is -0.571. The van der Waals surface area contributed by atoms with E-state index >= 15 is 0 Å². The van der Waals surface area contributed by atoms with Crippen molar-refractivity contribution in [1.82, 2.24) is 19.4 Å². The van der Waals surface area contributed by atoms with E-state index < -0.39 is 0 Å². The van der Waals surface area contributed by atoms with Crippen molar-refractivity contribution in [2.24, 2.45) is 0 Å². The molecule has 2 amide bonds.